The average molecular weight is 216 g/mol. The van der Waals surface area contributed by atoms with Gasteiger partial charge in [0.25, 0.3) is 0 Å². The molecular formula is C3H9InN4. The monoisotopic (exact) mass is 216 g/mol. The van der Waals surface area contributed by atoms with E-state index in [9.17, 15) is 0 Å². The number of nitrogens with zero attached hydrogens (tertiary/aromatic N) is 3. The molecule has 2 N–H and O–H groups in total. The molecule has 0 aromatic carbocycles. The van der Waals surface area contributed by atoms with Gasteiger partial charge in [0.05, 0.1) is 0 Å². The number of nitrogens with two attached hydrogens (primary N) is 1. The third-order valence-corrected chi connectivity index (χ3v) is 5.26. The third-order valence-electron chi connectivity index (χ3n) is 0.784. The molecule has 0 aromatic rings. The molecular weight excluding hydrogens is 207 g/mol. The van der Waals surface area contributed by atoms with Crippen molar-refractivity contribution in [3.05, 3.63) is 10.4 Å². The number of hydrogen-bond acceptors (Lipinski definition) is 2. The molecule has 0 unspecified atom stereocenters. The second kappa shape index (κ2) is 5.28. The van der Waals surface area contributed by atoms with Gasteiger partial charge in [-0.1, -0.05) is 0 Å². The molecule has 5 heteroatoms. The van der Waals surface area contributed by atoms with Crippen LogP contribution in [-0.4, -0.2) is 22.0 Å². The normalized spacial score (nSPS) is 7.75. The maximum atomic E-state index is 7.89. The first-order valence-corrected chi connectivity index (χ1v) is 8.31. The molecule has 0 aliphatic rings. The van der Waals surface area contributed by atoms with Crippen LogP contribution >= 0.6 is 0 Å². The van der Waals surface area contributed by atoms with Gasteiger partial charge in [0, 0.05) is 0 Å². The maximum absolute atomic E-state index is 7.89. The van der Waals surface area contributed by atoms with Gasteiger partial charge in [-0.15, -0.1) is 0 Å². The summed E-state index contributed by atoms with van der Waals surface area (Å²) in [7, 11) is 0. The fourth-order valence-corrected chi connectivity index (χ4v) is 2.82. The molecule has 0 aliphatic heterocycles. The Bertz CT molecular complexity index is 97.5. The molecule has 0 spiro atoms. The van der Waals surface area contributed by atoms with Gasteiger partial charge in [0.1, 0.15) is 0 Å². The molecule has 0 saturated heterocycles. The first-order chi connectivity index (χ1) is 3.81. The van der Waals surface area contributed by atoms with Gasteiger partial charge in [0.2, 0.25) is 0 Å². The van der Waals surface area contributed by atoms with E-state index < -0.39 is 22.0 Å². The van der Waals surface area contributed by atoms with Crippen molar-refractivity contribution in [3.8, 4) is 0 Å². The Kier molecular flexibility index (Phi) is 5.37. The van der Waals surface area contributed by atoms with Crippen molar-refractivity contribution in [1.29, 1.82) is 0 Å². The van der Waals surface area contributed by atoms with E-state index in [0.29, 0.717) is 0 Å². The molecule has 44 valence electrons. The van der Waals surface area contributed by atoms with Crippen LogP contribution in [0.1, 0.15) is 13.3 Å². The Morgan fingerprint density at radius 1 is 1.88 bits per heavy atom. The fraction of sp³-hybridized carbons (Fsp3) is 1.00. The summed E-state index contributed by atoms with van der Waals surface area (Å²) in [5.74, 6) is 0. The molecule has 0 atom stereocenters. The first kappa shape index (κ1) is 8.14. The van der Waals surface area contributed by atoms with Crippen molar-refractivity contribution in [2.45, 2.75) is 17.5 Å². The zero-order valence-electron chi connectivity index (χ0n) is 4.91. The van der Waals surface area contributed by atoms with Crippen LogP contribution in [0.15, 0.2) is 3.10 Å². The van der Waals surface area contributed by atoms with Crippen LogP contribution in [0.5, 0.6) is 0 Å². The number of rotatable bonds is 3. The SMILES string of the molecule is CC[CH2][In]([NH2])[N]=[N+]=[N-]. The zero-order valence-corrected chi connectivity index (χ0v) is 8.21. The van der Waals surface area contributed by atoms with E-state index in [0.717, 1.165) is 10.6 Å². The average Bonchev–Trinajstić information content (AvgIpc) is 1.68. The summed E-state index contributed by atoms with van der Waals surface area (Å²) in [6, 6.07) is 0. The Balaban J connectivity index is 3.31. The van der Waals surface area contributed by atoms with Gasteiger partial charge < -0.3 is 0 Å². The summed E-state index contributed by atoms with van der Waals surface area (Å²) in [5, 5.41) is 0. The van der Waals surface area contributed by atoms with Crippen LogP contribution in [0.25, 0.3) is 10.4 Å². The first-order valence-electron chi connectivity index (χ1n) is 2.61. The molecule has 0 bridgehead atoms. The van der Waals surface area contributed by atoms with E-state index in [-0.39, 0.29) is 0 Å². The van der Waals surface area contributed by atoms with Crippen molar-refractivity contribution in [2.24, 2.45) is 6.82 Å². The van der Waals surface area contributed by atoms with E-state index in [1.165, 1.54) is 0 Å². The molecule has 0 amide bonds. The van der Waals surface area contributed by atoms with E-state index in [1.807, 2.05) is 6.92 Å². The van der Waals surface area contributed by atoms with E-state index in [2.05, 4.69) is 8.01 Å². The van der Waals surface area contributed by atoms with Crippen LogP contribution in [0.2, 0.25) is 4.18 Å². The Labute approximate surface area is 57.0 Å². The standard InChI is InChI=1S/C3H7.In.N3.H2N/c1-3-2;;1-3-2;/h1,3H2,2H3;;;1H2/q;+2;2*-1. The number of hydrogen-bond donors (Lipinski definition) is 1. The van der Waals surface area contributed by atoms with Gasteiger partial charge >= 0.3 is 56.8 Å². The molecule has 0 aromatic heterocycles. The zero-order chi connectivity index (χ0) is 6.41. The predicted octanol–water partition coefficient (Wildman–Crippen LogP) is 1.15. The van der Waals surface area contributed by atoms with E-state index in [4.69, 9.17) is 9.25 Å². The van der Waals surface area contributed by atoms with Gasteiger partial charge in [0.15, 0.2) is 0 Å². The second-order valence-electron chi connectivity index (χ2n) is 1.56. The molecule has 0 saturated carbocycles. The van der Waals surface area contributed by atoms with Gasteiger partial charge in [-0.05, 0) is 0 Å². The van der Waals surface area contributed by atoms with Crippen LogP contribution in [0, 0.1) is 0 Å². The minimum absolute atomic E-state index is 0.978. The van der Waals surface area contributed by atoms with Gasteiger partial charge in [-0.3, -0.25) is 0 Å². The van der Waals surface area contributed by atoms with E-state index in [1.54, 1.807) is 0 Å². The summed E-state index contributed by atoms with van der Waals surface area (Å²) in [5.41, 5.74) is 7.89. The fourth-order valence-electron chi connectivity index (χ4n) is 0.420. The summed E-state index contributed by atoms with van der Waals surface area (Å²) >= 11 is -2.09. The summed E-state index contributed by atoms with van der Waals surface area (Å²) in [6.07, 6.45) is 1.05. The Morgan fingerprint density at radius 2 is 2.50 bits per heavy atom. The second-order valence-corrected chi connectivity index (χ2v) is 7.11. The minimum atomic E-state index is -2.09. The Morgan fingerprint density at radius 3 is 2.88 bits per heavy atom. The molecule has 0 aliphatic carbocycles. The van der Waals surface area contributed by atoms with Crippen molar-refractivity contribution in [1.82, 2.24) is 0 Å². The molecule has 0 heterocycles. The van der Waals surface area contributed by atoms with E-state index >= 15 is 0 Å². The van der Waals surface area contributed by atoms with Crippen LogP contribution in [0.3, 0.4) is 0 Å². The molecule has 4 nitrogen and oxygen atoms in total. The topological polar surface area (TPSA) is 74.8 Å². The molecule has 8 heavy (non-hydrogen) atoms. The molecule has 0 fully saturated rings. The van der Waals surface area contributed by atoms with Crippen LogP contribution in [-0.2, 0) is 0 Å². The Hall–Kier alpha value is 0.140. The van der Waals surface area contributed by atoms with Crippen molar-refractivity contribution >= 4 is 22.0 Å². The molecule has 0 radical (unpaired) electrons. The number of azide groups is 1. The molecule has 0 rings (SSSR count). The van der Waals surface area contributed by atoms with Crippen molar-refractivity contribution in [2.75, 3.05) is 0 Å². The van der Waals surface area contributed by atoms with Crippen molar-refractivity contribution in [3.63, 3.8) is 0 Å². The quantitative estimate of drug-likeness (QED) is 0.428. The summed E-state index contributed by atoms with van der Waals surface area (Å²) in [6.45, 7) is 2.05. The third kappa shape index (κ3) is 4.30. The predicted molar refractivity (Wildman–Crippen MR) is 34.2 cm³/mol. The van der Waals surface area contributed by atoms with Crippen molar-refractivity contribution < 1.29 is 0 Å². The van der Waals surface area contributed by atoms with Crippen LogP contribution < -0.4 is 3.72 Å². The summed E-state index contributed by atoms with van der Waals surface area (Å²) in [4.78, 5) is 2.65. The van der Waals surface area contributed by atoms with Gasteiger partial charge in [-0.25, -0.2) is 0 Å². The van der Waals surface area contributed by atoms with Crippen LogP contribution in [0.4, 0.5) is 0 Å². The summed E-state index contributed by atoms with van der Waals surface area (Å²) < 4.78 is 9.94. The van der Waals surface area contributed by atoms with Gasteiger partial charge in [-0.2, -0.15) is 0 Å².